The highest BCUT2D eigenvalue weighted by Crippen LogP contribution is 2.06. The molecular formula is C12H17N3O. The molecule has 86 valence electrons. The van der Waals surface area contributed by atoms with E-state index in [1.165, 1.54) is 0 Å². The maximum absolute atomic E-state index is 11.9. The fraction of sp³-hybridized carbons (Fsp3) is 0.500. The average Bonchev–Trinajstić information content (AvgIpc) is 2.31. The van der Waals surface area contributed by atoms with Gasteiger partial charge in [0, 0.05) is 18.8 Å². The Kier molecular flexibility index (Phi) is 3.51. The van der Waals surface area contributed by atoms with Crippen molar-refractivity contribution in [3.8, 4) is 0 Å². The second-order valence-corrected chi connectivity index (χ2v) is 4.19. The van der Waals surface area contributed by atoms with Crippen molar-refractivity contribution < 1.29 is 4.79 Å². The number of amides is 1. The van der Waals surface area contributed by atoms with Crippen LogP contribution >= 0.6 is 0 Å². The van der Waals surface area contributed by atoms with Crippen LogP contribution in [0.25, 0.3) is 0 Å². The third-order valence-electron chi connectivity index (χ3n) is 2.86. The van der Waals surface area contributed by atoms with E-state index in [9.17, 15) is 4.79 Å². The van der Waals surface area contributed by atoms with Crippen molar-refractivity contribution >= 4 is 5.91 Å². The number of piperidine rings is 1. The molecule has 1 fully saturated rings. The number of hydrogen-bond donors (Lipinski definition) is 2. The quantitative estimate of drug-likeness (QED) is 0.776. The van der Waals surface area contributed by atoms with E-state index in [2.05, 4.69) is 15.6 Å². The summed E-state index contributed by atoms with van der Waals surface area (Å²) < 4.78 is 0. The van der Waals surface area contributed by atoms with Gasteiger partial charge in [-0.25, -0.2) is 0 Å². The zero-order valence-electron chi connectivity index (χ0n) is 9.49. The van der Waals surface area contributed by atoms with Gasteiger partial charge < -0.3 is 10.6 Å². The largest absolute Gasteiger partial charge is 0.347 e. The third-order valence-corrected chi connectivity index (χ3v) is 2.86. The van der Waals surface area contributed by atoms with Gasteiger partial charge in [-0.3, -0.25) is 9.78 Å². The van der Waals surface area contributed by atoms with Gasteiger partial charge in [0.1, 0.15) is 5.69 Å². The van der Waals surface area contributed by atoms with E-state index in [-0.39, 0.29) is 11.9 Å². The molecule has 0 aliphatic carbocycles. The number of hydrogen-bond acceptors (Lipinski definition) is 3. The Balaban J connectivity index is 2.00. The number of pyridine rings is 1. The van der Waals surface area contributed by atoms with Gasteiger partial charge in [-0.15, -0.1) is 0 Å². The summed E-state index contributed by atoms with van der Waals surface area (Å²) in [6.07, 6.45) is 3.82. The van der Waals surface area contributed by atoms with E-state index in [0.29, 0.717) is 5.69 Å². The van der Waals surface area contributed by atoms with Gasteiger partial charge in [0.25, 0.3) is 5.91 Å². The lowest BCUT2D eigenvalue weighted by atomic mass is 10.1. The molecule has 0 radical (unpaired) electrons. The molecule has 1 atom stereocenters. The minimum Gasteiger partial charge on any atom is -0.347 e. The van der Waals surface area contributed by atoms with Crippen LogP contribution in [0.3, 0.4) is 0 Å². The van der Waals surface area contributed by atoms with Gasteiger partial charge in [-0.05, 0) is 37.9 Å². The van der Waals surface area contributed by atoms with E-state index in [1.807, 2.05) is 19.1 Å². The molecule has 2 N–H and O–H groups in total. The number of nitrogens with one attached hydrogen (secondary N) is 2. The molecule has 0 saturated carbocycles. The Morgan fingerprint density at radius 3 is 3.19 bits per heavy atom. The van der Waals surface area contributed by atoms with Gasteiger partial charge in [-0.1, -0.05) is 6.07 Å². The summed E-state index contributed by atoms with van der Waals surface area (Å²) in [5.74, 6) is -0.0631. The molecule has 1 aromatic heterocycles. The van der Waals surface area contributed by atoms with E-state index >= 15 is 0 Å². The van der Waals surface area contributed by atoms with Gasteiger partial charge in [0.15, 0.2) is 0 Å². The first kappa shape index (κ1) is 11.1. The fourth-order valence-electron chi connectivity index (χ4n) is 1.95. The van der Waals surface area contributed by atoms with Crippen molar-refractivity contribution in [1.82, 2.24) is 15.6 Å². The summed E-state index contributed by atoms with van der Waals surface area (Å²) in [6, 6.07) is 3.98. The van der Waals surface area contributed by atoms with Crippen LogP contribution in [0.2, 0.25) is 0 Å². The Bertz CT molecular complexity index is 372. The minimum absolute atomic E-state index is 0.0631. The lowest BCUT2D eigenvalue weighted by Crippen LogP contribution is -2.45. The molecule has 1 aliphatic heterocycles. The molecule has 1 saturated heterocycles. The highest BCUT2D eigenvalue weighted by Gasteiger charge is 2.17. The Morgan fingerprint density at radius 1 is 1.62 bits per heavy atom. The smallest absolute Gasteiger partial charge is 0.270 e. The fourth-order valence-corrected chi connectivity index (χ4v) is 1.95. The van der Waals surface area contributed by atoms with Crippen LogP contribution in [-0.4, -0.2) is 30.0 Å². The average molecular weight is 219 g/mol. The summed E-state index contributed by atoms with van der Waals surface area (Å²) in [5, 5.41) is 6.28. The van der Waals surface area contributed by atoms with E-state index < -0.39 is 0 Å². The van der Waals surface area contributed by atoms with Gasteiger partial charge in [0.05, 0.1) is 0 Å². The third kappa shape index (κ3) is 2.58. The predicted molar refractivity (Wildman–Crippen MR) is 62.3 cm³/mol. The van der Waals surface area contributed by atoms with Crippen molar-refractivity contribution in [2.24, 2.45) is 0 Å². The lowest BCUT2D eigenvalue weighted by molar-refractivity contribution is 0.0925. The van der Waals surface area contributed by atoms with E-state index in [4.69, 9.17) is 0 Å². The SMILES string of the molecule is Cc1cccnc1C(=O)NC1CCCNC1. The maximum Gasteiger partial charge on any atom is 0.270 e. The first-order chi connectivity index (χ1) is 7.77. The number of aromatic nitrogens is 1. The standard InChI is InChI=1S/C12H17N3O/c1-9-4-2-7-14-11(9)12(16)15-10-5-3-6-13-8-10/h2,4,7,10,13H,3,5-6,8H2,1H3,(H,15,16). The van der Waals surface area contributed by atoms with E-state index in [1.54, 1.807) is 6.20 Å². The van der Waals surface area contributed by atoms with Crippen LogP contribution in [0.5, 0.6) is 0 Å². The van der Waals surface area contributed by atoms with Crippen LogP contribution in [0.15, 0.2) is 18.3 Å². The normalized spacial score (nSPS) is 20.4. The van der Waals surface area contributed by atoms with Crippen LogP contribution in [-0.2, 0) is 0 Å². The zero-order valence-corrected chi connectivity index (χ0v) is 9.49. The summed E-state index contributed by atoms with van der Waals surface area (Å²) in [5.41, 5.74) is 1.46. The topological polar surface area (TPSA) is 54.0 Å². The maximum atomic E-state index is 11.9. The molecule has 0 aromatic carbocycles. The molecule has 2 heterocycles. The van der Waals surface area contributed by atoms with Gasteiger partial charge in [-0.2, -0.15) is 0 Å². The lowest BCUT2D eigenvalue weighted by Gasteiger charge is -2.23. The van der Waals surface area contributed by atoms with Gasteiger partial charge >= 0.3 is 0 Å². The molecule has 1 amide bonds. The van der Waals surface area contributed by atoms with Crippen molar-refractivity contribution in [2.45, 2.75) is 25.8 Å². The zero-order chi connectivity index (χ0) is 11.4. The first-order valence-electron chi connectivity index (χ1n) is 5.70. The molecule has 4 nitrogen and oxygen atoms in total. The van der Waals surface area contributed by atoms with Crippen LogP contribution in [0.4, 0.5) is 0 Å². The monoisotopic (exact) mass is 219 g/mol. The molecule has 1 unspecified atom stereocenters. The second kappa shape index (κ2) is 5.07. The summed E-state index contributed by atoms with van der Waals surface area (Å²) in [7, 11) is 0. The Morgan fingerprint density at radius 2 is 2.50 bits per heavy atom. The van der Waals surface area contributed by atoms with Gasteiger partial charge in [0.2, 0.25) is 0 Å². The molecule has 4 heteroatoms. The molecule has 1 aromatic rings. The Labute approximate surface area is 95.5 Å². The van der Waals surface area contributed by atoms with Crippen molar-refractivity contribution in [1.29, 1.82) is 0 Å². The first-order valence-corrected chi connectivity index (χ1v) is 5.70. The minimum atomic E-state index is -0.0631. The molecule has 16 heavy (non-hydrogen) atoms. The molecular weight excluding hydrogens is 202 g/mol. The number of rotatable bonds is 2. The summed E-state index contributed by atoms with van der Waals surface area (Å²) in [6.45, 7) is 3.81. The molecule has 0 bridgehead atoms. The van der Waals surface area contributed by atoms with Crippen molar-refractivity contribution in [2.75, 3.05) is 13.1 Å². The second-order valence-electron chi connectivity index (χ2n) is 4.19. The number of nitrogens with zero attached hydrogens (tertiary/aromatic N) is 1. The van der Waals surface area contributed by atoms with E-state index in [0.717, 1.165) is 31.5 Å². The van der Waals surface area contributed by atoms with Crippen LogP contribution in [0.1, 0.15) is 28.9 Å². The highest BCUT2D eigenvalue weighted by atomic mass is 16.1. The van der Waals surface area contributed by atoms with Crippen molar-refractivity contribution in [3.05, 3.63) is 29.6 Å². The van der Waals surface area contributed by atoms with Crippen LogP contribution < -0.4 is 10.6 Å². The number of aryl methyl sites for hydroxylation is 1. The van der Waals surface area contributed by atoms with Crippen LogP contribution in [0, 0.1) is 6.92 Å². The number of carbonyl (C=O) groups is 1. The molecule has 2 rings (SSSR count). The summed E-state index contributed by atoms with van der Waals surface area (Å²) in [4.78, 5) is 16.0. The van der Waals surface area contributed by atoms with Crippen molar-refractivity contribution in [3.63, 3.8) is 0 Å². The Hall–Kier alpha value is -1.42. The highest BCUT2D eigenvalue weighted by molar-refractivity contribution is 5.93. The summed E-state index contributed by atoms with van der Waals surface area (Å²) >= 11 is 0. The molecule has 0 spiro atoms. The number of carbonyl (C=O) groups excluding carboxylic acids is 1. The molecule has 1 aliphatic rings. The predicted octanol–water partition coefficient (Wildman–Crippen LogP) is 0.872.